The van der Waals surface area contributed by atoms with Crippen LogP contribution in [0.15, 0.2) is 30.3 Å². The van der Waals surface area contributed by atoms with E-state index >= 15 is 0 Å². The minimum Gasteiger partial charge on any atom is -0.497 e. The van der Waals surface area contributed by atoms with Gasteiger partial charge in [0, 0.05) is 18.2 Å². The highest BCUT2D eigenvalue weighted by molar-refractivity contribution is 5.96. The second-order valence-electron chi connectivity index (χ2n) is 6.54. The van der Waals surface area contributed by atoms with Crippen molar-refractivity contribution in [1.29, 1.82) is 0 Å². The zero-order valence-electron chi connectivity index (χ0n) is 16.9. The van der Waals surface area contributed by atoms with Crippen LogP contribution in [0.5, 0.6) is 5.75 Å². The number of benzene rings is 1. The molecule has 1 heterocycles. The van der Waals surface area contributed by atoms with Crippen molar-refractivity contribution in [3.8, 4) is 16.9 Å². The summed E-state index contributed by atoms with van der Waals surface area (Å²) in [6, 6.07) is 9.19. The van der Waals surface area contributed by atoms with E-state index < -0.39 is 18.4 Å². The number of carbonyl (C=O) groups excluding carboxylic acids is 2. The average molecular weight is 387 g/mol. The fourth-order valence-electron chi connectivity index (χ4n) is 2.53. The van der Waals surface area contributed by atoms with Gasteiger partial charge in [-0.2, -0.15) is 0 Å². The van der Waals surface area contributed by atoms with Crippen molar-refractivity contribution in [1.82, 2.24) is 4.98 Å². The molecule has 150 valence electrons. The summed E-state index contributed by atoms with van der Waals surface area (Å²) in [6.45, 7) is 8.52. The number of carbonyl (C=O) groups is 2. The molecule has 1 unspecified atom stereocenters. The van der Waals surface area contributed by atoms with E-state index in [-0.39, 0.29) is 11.8 Å². The van der Waals surface area contributed by atoms with Crippen LogP contribution in [0.25, 0.3) is 11.1 Å². The number of nitrogens with zero attached hydrogens (tertiary/aromatic N) is 1. The third kappa shape index (κ3) is 5.45. The maximum absolute atomic E-state index is 12.7. The Balaban J connectivity index is 2.29. The van der Waals surface area contributed by atoms with Gasteiger partial charge in [-0.05, 0) is 57.0 Å². The molecule has 0 fully saturated rings. The highest BCUT2D eigenvalue weighted by atomic mass is 16.8. The van der Waals surface area contributed by atoms with E-state index in [1.54, 1.807) is 33.9 Å². The van der Waals surface area contributed by atoms with Crippen LogP contribution in [0.1, 0.15) is 42.5 Å². The van der Waals surface area contributed by atoms with Gasteiger partial charge in [-0.1, -0.05) is 12.1 Å². The summed E-state index contributed by atoms with van der Waals surface area (Å²) in [4.78, 5) is 28.6. The fourth-order valence-corrected chi connectivity index (χ4v) is 2.53. The van der Waals surface area contributed by atoms with E-state index in [2.05, 4.69) is 4.98 Å². The van der Waals surface area contributed by atoms with Crippen LogP contribution in [-0.4, -0.2) is 36.6 Å². The lowest BCUT2D eigenvalue weighted by atomic mass is 9.98. The lowest BCUT2D eigenvalue weighted by Crippen LogP contribution is -2.24. The van der Waals surface area contributed by atoms with Crippen LogP contribution < -0.4 is 4.74 Å². The van der Waals surface area contributed by atoms with Crippen LogP contribution in [-0.2, 0) is 14.2 Å². The molecule has 0 aliphatic rings. The van der Waals surface area contributed by atoms with Gasteiger partial charge >= 0.3 is 12.1 Å². The summed E-state index contributed by atoms with van der Waals surface area (Å²) in [5, 5.41) is 0. The first-order valence-electron chi connectivity index (χ1n) is 8.92. The van der Waals surface area contributed by atoms with E-state index in [9.17, 15) is 9.59 Å². The number of rotatable bonds is 6. The first-order chi connectivity index (χ1) is 13.2. The quantitative estimate of drug-likeness (QED) is 0.535. The van der Waals surface area contributed by atoms with Crippen LogP contribution in [0.4, 0.5) is 4.79 Å². The Morgan fingerprint density at radius 2 is 1.64 bits per heavy atom. The van der Waals surface area contributed by atoms with E-state index in [0.29, 0.717) is 17.0 Å². The van der Waals surface area contributed by atoms with Crippen LogP contribution in [0, 0.1) is 13.8 Å². The van der Waals surface area contributed by atoms with Gasteiger partial charge in [0.2, 0.25) is 6.29 Å². The summed E-state index contributed by atoms with van der Waals surface area (Å²) in [5.41, 5.74) is 3.13. The number of hydrogen-bond donors (Lipinski definition) is 0. The van der Waals surface area contributed by atoms with Gasteiger partial charge in [-0.3, -0.25) is 0 Å². The van der Waals surface area contributed by atoms with Crippen molar-refractivity contribution in [3.05, 3.63) is 47.3 Å². The number of esters is 1. The molecule has 0 aliphatic carbocycles. The molecule has 0 saturated carbocycles. The summed E-state index contributed by atoms with van der Waals surface area (Å²) >= 11 is 0. The van der Waals surface area contributed by atoms with E-state index in [1.165, 1.54) is 6.92 Å². The number of aryl methyl sites for hydroxylation is 2. The van der Waals surface area contributed by atoms with Crippen molar-refractivity contribution in [3.63, 3.8) is 0 Å². The topological polar surface area (TPSA) is 84.0 Å². The van der Waals surface area contributed by atoms with Crippen LogP contribution >= 0.6 is 0 Å². The molecular formula is C21H25NO6. The predicted molar refractivity (Wildman–Crippen MR) is 103 cm³/mol. The van der Waals surface area contributed by atoms with Crippen LogP contribution in [0.2, 0.25) is 0 Å². The van der Waals surface area contributed by atoms with Gasteiger partial charge < -0.3 is 18.9 Å². The molecule has 0 N–H and O–H groups in total. The Morgan fingerprint density at radius 1 is 0.929 bits per heavy atom. The zero-order valence-corrected chi connectivity index (χ0v) is 16.9. The second-order valence-corrected chi connectivity index (χ2v) is 6.54. The summed E-state index contributed by atoms with van der Waals surface area (Å²) in [6.07, 6.45) is -2.37. The van der Waals surface area contributed by atoms with Crippen molar-refractivity contribution in [2.45, 2.75) is 47.0 Å². The van der Waals surface area contributed by atoms with E-state index in [1.807, 2.05) is 31.2 Å². The third-order valence-electron chi connectivity index (χ3n) is 3.83. The van der Waals surface area contributed by atoms with Gasteiger partial charge in [0.25, 0.3) is 0 Å². The Labute approximate surface area is 164 Å². The normalized spacial score (nSPS) is 11.7. The predicted octanol–water partition coefficient (Wildman–Crippen LogP) is 4.44. The average Bonchev–Trinajstić information content (AvgIpc) is 2.61. The minimum atomic E-state index is -1.12. The first kappa shape index (κ1) is 21.2. The third-order valence-corrected chi connectivity index (χ3v) is 3.83. The van der Waals surface area contributed by atoms with Gasteiger partial charge in [-0.25, -0.2) is 14.6 Å². The molecule has 0 bridgehead atoms. The largest absolute Gasteiger partial charge is 0.511 e. The molecule has 1 aromatic heterocycles. The Bertz CT molecular complexity index is 862. The van der Waals surface area contributed by atoms with Crippen molar-refractivity contribution in [2.24, 2.45) is 0 Å². The second kappa shape index (κ2) is 9.21. The smallest absolute Gasteiger partial charge is 0.497 e. The van der Waals surface area contributed by atoms with E-state index in [0.717, 1.165) is 11.1 Å². The SMILES string of the molecule is COc1ccc(C)c(-c2ccc(C)nc2C(=O)OC(C)OC(=O)OC(C)C)c1. The molecule has 1 atom stereocenters. The van der Waals surface area contributed by atoms with Gasteiger partial charge in [0.1, 0.15) is 5.75 Å². The van der Waals surface area contributed by atoms with Crippen LogP contribution in [0.3, 0.4) is 0 Å². The van der Waals surface area contributed by atoms with Crippen molar-refractivity contribution >= 4 is 12.1 Å². The number of hydrogen-bond acceptors (Lipinski definition) is 7. The lowest BCUT2D eigenvalue weighted by molar-refractivity contribution is -0.0868. The highest BCUT2D eigenvalue weighted by Crippen LogP contribution is 2.30. The fraction of sp³-hybridized carbons (Fsp3) is 0.381. The molecule has 7 nitrogen and oxygen atoms in total. The number of aromatic nitrogens is 1. The van der Waals surface area contributed by atoms with Crippen molar-refractivity contribution in [2.75, 3.05) is 7.11 Å². The number of pyridine rings is 1. The maximum Gasteiger partial charge on any atom is 0.511 e. The molecule has 0 spiro atoms. The maximum atomic E-state index is 12.7. The Kier molecular flexibility index (Phi) is 6.98. The van der Waals surface area contributed by atoms with Crippen molar-refractivity contribution < 1.29 is 28.5 Å². The molecule has 0 radical (unpaired) electrons. The molecule has 0 saturated heterocycles. The molecule has 2 rings (SSSR count). The molecule has 0 aliphatic heterocycles. The van der Waals surface area contributed by atoms with Gasteiger partial charge in [0.15, 0.2) is 5.69 Å². The Hall–Kier alpha value is -3.09. The molecule has 2 aromatic rings. The number of methoxy groups -OCH3 is 1. The number of ether oxygens (including phenoxy) is 4. The monoisotopic (exact) mass is 387 g/mol. The molecule has 28 heavy (non-hydrogen) atoms. The van der Waals surface area contributed by atoms with Gasteiger partial charge in [-0.15, -0.1) is 0 Å². The first-order valence-corrected chi connectivity index (χ1v) is 8.92. The molecule has 1 aromatic carbocycles. The lowest BCUT2D eigenvalue weighted by Gasteiger charge is -2.17. The zero-order chi connectivity index (χ0) is 20.8. The summed E-state index contributed by atoms with van der Waals surface area (Å²) in [5.74, 6) is -0.0422. The minimum absolute atomic E-state index is 0.129. The summed E-state index contributed by atoms with van der Waals surface area (Å²) in [7, 11) is 1.58. The molecular weight excluding hydrogens is 362 g/mol. The standard InChI is InChI=1S/C21H25NO6/c1-12(2)26-21(24)28-15(5)27-20(23)19-17(10-8-14(4)22-19)18-11-16(25-6)9-7-13(18)3/h7-12,15H,1-6H3. The highest BCUT2D eigenvalue weighted by Gasteiger charge is 2.22. The Morgan fingerprint density at radius 3 is 2.29 bits per heavy atom. The van der Waals surface area contributed by atoms with Gasteiger partial charge in [0.05, 0.1) is 13.2 Å². The van der Waals surface area contributed by atoms with E-state index in [4.69, 9.17) is 18.9 Å². The molecule has 7 heteroatoms. The summed E-state index contributed by atoms with van der Waals surface area (Å²) < 4.78 is 20.4. The molecule has 0 amide bonds.